The summed E-state index contributed by atoms with van der Waals surface area (Å²) >= 11 is -1.98. The van der Waals surface area contributed by atoms with Crippen molar-refractivity contribution in [2.45, 2.75) is 11.3 Å². The number of carbonyl (C=O) groups excluding carboxylic acids is 4. The van der Waals surface area contributed by atoms with Crippen molar-refractivity contribution >= 4 is 34.6 Å². The summed E-state index contributed by atoms with van der Waals surface area (Å²) in [5.41, 5.74) is 0.686. The maximum Gasteiger partial charge on any atom is 0.346 e. The molecule has 1 unspecified atom stereocenters. The van der Waals surface area contributed by atoms with Crippen LogP contribution in [0.3, 0.4) is 0 Å². The van der Waals surface area contributed by atoms with Gasteiger partial charge in [-0.05, 0) is 36.4 Å². The summed E-state index contributed by atoms with van der Waals surface area (Å²) in [5, 5.41) is 0. The number of hydrogen-bond donors (Lipinski definition) is 0. The van der Waals surface area contributed by atoms with E-state index < -0.39 is 23.0 Å². The topological polar surface area (TPSA) is 104 Å². The van der Waals surface area contributed by atoms with Gasteiger partial charge in [-0.2, -0.15) is 0 Å². The lowest BCUT2D eigenvalue weighted by molar-refractivity contribution is 0.0443. The zero-order valence-electron chi connectivity index (χ0n) is 12.4. The number of ketones is 2. The minimum Gasteiger partial charge on any atom is -0.397 e. The molecule has 1 atom stereocenters. The van der Waals surface area contributed by atoms with E-state index in [9.17, 15) is 23.4 Å². The highest BCUT2D eigenvalue weighted by molar-refractivity contribution is 7.80. The highest BCUT2D eigenvalue weighted by Crippen LogP contribution is 2.28. The van der Waals surface area contributed by atoms with Crippen molar-refractivity contribution in [2.75, 3.05) is 0 Å². The van der Waals surface area contributed by atoms with Crippen LogP contribution in [0.2, 0.25) is 0 Å². The van der Waals surface area contributed by atoms with E-state index in [4.69, 9.17) is 4.18 Å². The van der Waals surface area contributed by atoms with E-state index in [0.717, 1.165) is 0 Å². The minimum absolute atomic E-state index is 0.0224. The molecule has 25 heavy (non-hydrogen) atoms. The molecule has 2 aliphatic rings. The Labute approximate surface area is 143 Å². The number of fused-ring (bicyclic) bond motifs is 2. The molecule has 0 amide bonds. The van der Waals surface area contributed by atoms with Gasteiger partial charge in [0.25, 0.3) is 0 Å². The van der Waals surface area contributed by atoms with Crippen molar-refractivity contribution in [3.63, 3.8) is 0 Å². The molecule has 0 spiro atoms. The van der Waals surface area contributed by atoms with Crippen molar-refractivity contribution in [1.29, 1.82) is 0 Å². The molecule has 0 radical (unpaired) electrons. The maximum atomic E-state index is 12.3. The first-order valence-corrected chi connectivity index (χ1v) is 8.22. The van der Waals surface area contributed by atoms with E-state index in [-0.39, 0.29) is 45.3 Å². The largest absolute Gasteiger partial charge is 0.397 e. The van der Waals surface area contributed by atoms with Crippen molar-refractivity contribution in [2.24, 2.45) is 0 Å². The molecular weight excluding hydrogens is 348 g/mol. The predicted octanol–water partition coefficient (Wildman–Crippen LogP) is 1.87. The smallest absolute Gasteiger partial charge is 0.346 e. The van der Waals surface area contributed by atoms with E-state index in [1.807, 2.05) is 0 Å². The third-order valence-corrected chi connectivity index (χ3v) is 4.88. The molecule has 1 aliphatic heterocycles. The van der Waals surface area contributed by atoms with Crippen LogP contribution in [0.1, 0.15) is 47.9 Å². The third-order valence-electron chi connectivity index (χ3n) is 3.89. The Morgan fingerprint density at radius 2 is 1.48 bits per heavy atom. The third kappa shape index (κ3) is 2.47. The van der Waals surface area contributed by atoms with Crippen LogP contribution in [0.4, 0.5) is 0 Å². The van der Waals surface area contributed by atoms with Crippen LogP contribution in [0.15, 0.2) is 41.3 Å². The number of Topliss-reactive ketones (excluding diaryl/α,β-unsaturated/α-hetero) is 2. The van der Waals surface area contributed by atoms with Gasteiger partial charge in [0.1, 0.15) is 5.75 Å². The molecule has 0 saturated carbocycles. The van der Waals surface area contributed by atoms with Gasteiger partial charge in [-0.3, -0.25) is 9.59 Å². The van der Waals surface area contributed by atoms with E-state index in [0.29, 0.717) is 5.56 Å². The molecule has 0 saturated heterocycles. The average Bonchev–Trinajstić information content (AvgIpc) is 3.03. The molecule has 4 rings (SSSR count). The Morgan fingerprint density at radius 1 is 0.800 bits per heavy atom. The lowest BCUT2D eigenvalue weighted by Gasteiger charge is -2.06. The second-order valence-electron chi connectivity index (χ2n) is 5.43. The fourth-order valence-corrected chi connectivity index (χ4v) is 3.46. The molecule has 1 heterocycles. The van der Waals surface area contributed by atoms with E-state index in [1.165, 1.54) is 36.4 Å². The minimum atomic E-state index is -1.98. The number of hydrogen-bond acceptors (Lipinski definition) is 7. The van der Waals surface area contributed by atoms with E-state index >= 15 is 0 Å². The Kier molecular flexibility index (Phi) is 3.36. The van der Waals surface area contributed by atoms with Crippen LogP contribution in [-0.4, -0.2) is 27.7 Å². The van der Waals surface area contributed by atoms with Gasteiger partial charge in [-0.1, -0.05) is 0 Å². The predicted molar refractivity (Wildman–Crippen MR) is 82.9 cm³/mol. The first-order chi connectivity index (χ1) is 11.9. The zero-order chi connectivity index (χ0) is 17.7. The van der Waals surface area contributed by atoms with Crippen LogP contribution in [0, 0.1) is 0 Å². The second-order valence-corrected chi connectivity index (χ2v) is 6.54. The van der Waals surface area contributed by atoms with Crippen molar-refractivity contribution in [1.82, 2.24) is 0 Å². The summed E-state index contributed by atoms with van der Waals surface area (Å²) in [5.74, 6) is -1.97. The Balaban J connectivity index is 1.62. The molecule has 8 heteroatoms. The van der Waals surface area contributed by atoms with Crippen LogP contribution < -0.4 is 4.18 Å². The maximum absolute atomic E-state index is 12.3. The van der Waals surface area contributed by atoms with Gasteiger partial charge in [-0.15, -0.1) is 0 Å². The van der Waals surface area contributed by atoms with Crippen molar-refractivity contribution in [3.8, 4) is 5.75 Å². The molecule has 124 valence electrons. The molecule has 7 nitrogen and oxygen atoms in total. The van der Waals surface area contributed by atoms with Gasteiger partial charge in [0.2, 0.25) is 11.1 Å². The quantitative estimate of drug-likeness (QED) is 0.611. The van der Waals surface area contributed by atoms with Crippen molar-refractivity contribution in [3.05, 3.63) is 58.7 Å². The highest BCUT2D eigenvalue weighted by Gasteiger charge is 2.31. The fraction of sp³-hybridized carbons (Fsp3) is 0.0588. The molecule has 2 aromatic carbocycles. The highest BCUT2D eigenvalue weighted by atomic mass is 32.2. The first-order valence-electron chi connectivity index (χ1n) is 7.15. The lowest BCUT2D eigenvalue weighted by Crippen LogP contribution is -2.04. The molecule has 0 fully saturated rings. The van der Waals surface area contributed by atoms with Gasteiger partial charge in [0.05, 0.1) is 22.4 Å². The fourth-order valence-electron chi connectivity index (χ4n) is 2.69. The van der Waals surface area contributed by atoms with Crippen LogP contribution >= 0.6 is 0 Å². The van der Waals surface area contributed by atoms with Gasteiger partial charge in [0, 0.05) is 11.1 Å². The first kappa shape index (κ1) is 15.4. The summed E-state index contributed by atoms with van der Waals surface area (Å²) in [7, 11) is 0. The number of benzene rings is 2. The number of esters is 2. The molecular formula is C17H8O7S. The lowest BCUT2D eigenvalue weighted by atomic mass is 10.1. The van der Waals surface area contributed by atoms with E-state index in [1.54, 1.807) is 0 Å². The summed E-state index contributed by atoms with van der Waals surface area (Å²) in [4.78, 5) is 46.5. The van der Waals surface area contributed by atoms with Crippen LogP contribution in [0.25, 0.3) is 0 Å². The second kappa shape index (κ2) is 5.45. The molecule has 0 bridgehead atoms. The molecule has 0 aromatic heterocycles. The zero-order valence-corrected chi connectivity index (χ0v) is 13.3. The number of rotatable bonds is 3. The Bertz CT molecular complexity index is 1020. The monoisotopic (exact) mass is 356 g/mol. The molecule has 2 aromatic rings. The standard InChI is InChI=1S/C17H8O7S/c18-14-7-15(19)12-5-8(1-3-10(12)14)24-25(22)9-2-4-11-13(6-9)17(21)23-16(11)20/h1-6H,7H2. The Hall–Kier alpha value is -3.13. The van der Waals surface area contributed by atoms with Gasteiger partial charge in [-0.25, -0.2) is 13.8 Å². The SMILES string of the molecule is O=C1CC(=O)c2cc(OS(=O)c3ccc4c(c3)C(=O)OC4=O)ccc21. The van der Waals surface area contributed by atoms with E-state index in [2.05, 4.69) is 4.74 Å². The number of cyclic esters (lactones) is 2. The van der Waals surface area contributed by atoms with Crippen LogP contribution in [0.5, 0.6) is 5.75 Å². The van der Waals surface area contributed by atoms with Gasteiger partial charge in [0.15, 0.2) is 11.6 Å². The molecule has 0 N–H and O–H groups in total. The Morgan fingerprint density at radius 3 is 2.28 bits per heavy atom. The average molecular weight is 356 g/mol. The summed E-state index contributed by atoms with van der Waals surface area (Å²) in [6.07, 6.45) is -0.178. The van der Waals surface area contributed by atoms with Crippen molar-refractivity contribution < 1.29 is 32.3 Å². The molecule has 1 aliphatic carbocycles. The van der Waals surface area contributed by atoms with Gasteiger partial charge < -0.3 is 8.92 Å². The van der Waals surface area contributed by atoms with Crippen LogP contribution in [-0.2, 0) is 15.8 Å². The van der Waals surface area contributed by atoms with Gasteiger partial charge >= 0.3 is 11.9 Å². The summed E-state index contributed by atoms with van der Waals surface area (Å²) in [6, 6.07) is 8.25. The summed E-state index contributed by atoms with van der Waals surface area (Å²) < 4.78 is 22.1. The number of carbonyl (C=O) groups is 4. The summed E-state index contributed by atoms with van der Waals surface area (Å²) in [6.45, 7) is 0. The normalized spacial score (nSPS) is 16.5. The number of ether oxygens (including phenoxy) is 1.